The zero-order chi connectivity index (χ0) is 14.8. The SMILES string of the molecule is O=C1CC[S+](c2cc(OC(F)F)cc3ccccc23)CC1. The van der Waals surface area contributed by atoms with Crippen molar-refractivity contribution < 1.29 is 18.3 Å². The predicted molar refractivity (Wildman–Crippen MR) is 80.2 cm³/mol. The van der Waals surface area contributed by atoms with Gasteiger partial charge in [0.05, 0.1) is 12.8 Å². The largest absolute Gasteiger partial charge is 0.435 e. The molecule has 0 atom stereocenters. The van der Waals surface area contributed by atoms with Gasteiger partial charge in [0.1, 0.15) is 23.0 Å². The van der Waals surface area contributed by atoms with Crippen LogP contribution in [0.15, 0.2) is 41.3 Å². The first-order chi connectivity index (χ1) is 10.1. The van der Waals surface area contributed by atoms with Crippen molar-refractivity contribution in [3.63, 3.8) is 0 Å². The van der Waals surface area contributed by atoms with Crippen LogP contribution >= 0.6 is 0 Å². The Morgan fingerprint density at radius 1 is 1.10 bits per heavy atom. The first kappa shape index (κ1) is 14.3. The number of alkyl halides is 2. The van der Waals surface area contributed by atoms with E-state index in [0.717, 1.165) is 27.2 Å². The Balaban J connectivity index is 2.04. The molecule has 0 aliphatic carbocycles. The van der Waals surface area contributed by atoms with Crippen molar-refractivity contribution in [3.05, 3.63) is 36.4 Å². The number of carbonyl (C=O) groups is 1. The molecule has 0 saturated carbocycles. The summed E-state index contributed by atoms with van der Waals surface area (Å²) in [6.07, 6.45) is 1.16. The molecule has 1 saturated heterocycles. The van der Waals surface area contributed by atoms with Crippen molar-refractivity contribution in [2.45, 2.75) is 24.3 Å². The molecule has 0 amide bonds. The van der Waals surface area contributed by atoms with Crippen LogP contribution in [-0.2, 0) is 15.7 Å². The van der Waals surface area contributed by atoms with Crippen molar-refractivity contribution in [1.82, 2.24) is 0 Å². The summed E-state index contributed by atoms with van der Waals surface area (Å²) in [5.41, 5.74) is 0. The van der Waals surface area contributed by atoms with E-state index in [9.17, 15) is 13.6 Å². The summed E-state index contributed by atoms with van der Waals surface area (Å²) in [5, 5.41) is 1.96. The van der Waals surface area contributed by atoms with Crippen LogP contribution in [0.2, 0.25) is 0 Å². The van der Waals surface area contributed by atoms with Crippen LogP contribution in [0.4, 0.5) is 8.78 Å². The molecule has 5 heteroatoms. The average molecular weight is 309 g/mol. The van der Waals surface area contributed by atoms with Gasteiger partial charge in [0.2, 0.25) is 0 Å². The molecule has 3 rings (SSSR count). The van der Waals surface area contributed by atoms with Crippen molar-refractivity contribution in [1.29, 1.82) is 0 Å². The minimum Gasteiger partial charge on any atom is -0.435 e. The number of fused-ring (bicyclic) bond motifs is 1. The van der Waals surface area contributed by atoms with E-state index in [-0.39, 0.29) is 16.6 Å². The minimum atomic E-state index is -2.82. The van der Waals surface area contributed by atoms with E-state index in [2.05, 4.69) is 4.74 Å². The molecule has 0 bridgehead atoms. The standard InChI is InChI=1S/C16H15F2O2S/c17-16(18)20-13-9-11-3-1-2-4-14(11)15(10-13)21-7-5-12(19)6-8-21/h1-4,9-10,16H,5-8H2/q+1. The number of hydrogen-bond acceptors (Lipinski definition) is 2. The van der Waals surface area contributed by atoms with Gasteiger partial charge < -0.3 is 4.74 Å². The van der Waals surface area contributed by atoms with E-state index >= 15 is 0 Å². The van der Waals surface area contributed by atoms with Gasteiger partial charge >= 0.3 is 6.61 Å². The summed E-state index contributed by atoms with van der Waals surface area (Å²) in [5.74, 6) is 2.10. The molecule has 2 aromatic rings. The van der Waals surface area contributed by atoms with Gasteiger partial charge in [0.25, 0.3) is 0 Å². The third-order valence-corrected chi connectivity index (χ3v) is 5.94. The molecule has 1 heterocycles. The first-order valence-corrected chi connectivity index (χ1v) is 8.36. The molecule has 0 N–H and O–H groups in total. The quantitative estimate of drug-likeness (QED) is 0.807. The normalized spacial score (nSPS) is 16.6. The topological polar surface area (TPSA) is 26.3 Å². The van der Waals surface area contributed by atoms with Crippen molar-refractivity contribution in [2.75, 3.05) is 11.5 Å². The summed E-state index contributed by atoms with van der Waals surface area (Å²) >= 11 is 0. The zero-order valence-electron chi connectivity index (χ0n) is 11.4. The second-order valence-corrected chi connectivity index (χ2v) is 7.20. The Morgan fingerprint density at radius 2 is 1.81 bits per heavy atom. The Kier molecular flexibility index (Phi) is 4.10. The average Bonchev–Trinajstić information content (AvgIpc) is 2.46. The third-order valence-electron chi connectivity index (χ3n) is 3.59. The van der Waals surface area contributed by atoms with Gasteiger partial charge in [-0.3, -0.25) is 4.79 Å². The Bertz CT molecular complexity index is 662. The van der Waals surface area contributed by atoms with E-state index in [1.165, 1.54) is 0 Å². The predicted octanol–water partition coefficient (Wildman–Crippen LogP) is 3.78. The molecular formula is C16H15F2O2S+. The summed E-state index contributed by atoms with van der Waals surface area (Å²) in [7, 11) is -0.0741. The maximum Gasteiger partial charge on any atom is 0.387 e. The van der Waals surface area contributed by atoms with Gasteiger partial charge in [0, 0.05) is 22.3 Å². The molecule has 0 aromatic heterocycles. The van der Waals surface area contributed by atoms with Crippen LogP contribution in [0.1, 0.15) is 12.8 Å². The molecule has 2 nitrogen and oxygen atoms in total. The van der Waals surface area contributed by atoms with Gasteiger partial charge in [-0.15, -0.1) is 0 Å². The Morgan fingerprint density at radius 3 is 2.52 bits per heavy atom. The van der Waals surface area contributed by atoms with Crippen LogP contribution in [0.5, 0.6) is 5.75 Å². The fraction of sp³-hybridized carbons (Fsp3) is 0.312. The lowest BCUT2D eigenvalue weighted by molar-refractivity contribution is -0.118. The van der Waals surface area contributed by atoms with E-state index in [0.29, 0.717) is 18.6 Å². The lowest BCUT2D eigenvalue weighted by Crippen LogP contribution is -2.24. The molecule has 0 unspecified atom stereocenters. The lowest BCUT2D eigenvalue weighted by atomic mass is 10.1. The van der Waals surface area contributed by atoms with E-state index in [1.54, 1.807) is 12.1 Å². The molecule has 21 heavy (non-hydrogen) atoms. The number of benzene rings is 2. The fourth-order valence-corrected chi connectivity index (χ4v) is 4.95. The lowest BCUT2D eigenvalue weighted by Gasteiger charge is -2.15. The number of hydrogen-bond donors (Lipinski definition) is 0. The molecular weight excluding hydrogens is 294 g/mol. The summed E-state index contributed by atoms with van der Waals surface area (Å²) in [4.78, 5) is 12.4. The molecule has 1 aliphatic rings. The zero-order valence-corrected chi connectivity index (χ0v) is 12.2. The van der Waals surface area contributed by atoms with Gasteiger partial charge in [-0.25, -0.2) is 0 Å². The number of ketones is 1. The fourth-order valence-electron chi connectivity index (χ4n) is 2.58. The highest BCUT2D eigenvalue weighted by atomic mass is 32.2. The minimum absolute atomic E-state index is 0.0741. The van der Waals surface area contributed by atoms with Gasteiger partial charge in [-0.05, 0) is 17.5 Å². The van der Waals surface area contributed by atoms with Crippen LogP contribution in [0.25, 0.3) is 10.8 Å². The number of ether oxygens (including phenoxy) is 1. The number of Topliss-reactive ketones (excluding diaryl/α,β-unsaturated/α-hetero) is 1. The highest BCUT2D eigenvalue weighted by molar-refractivity contribution is 7.97. The molecule has 1 fully saturated rings. The summed E-state index contributed by atoms with van der Waals surface area (Å²) in [6, 6.07) is 11.1. The van der Waals surface area contributed by atoms with Crippen molar-refractivity contribution in [2.24, 2.45) is 0 Å². The molecule has 0 radical (unpaired) electrons. The van der Waals surface area contributed by atoms with Gasteiger partial charge in [0.15, 0.2) is 4.90 Å². The summed E-state index contributed by atoms with van der Waals surface area (Å²) < 4.78 is 29.5. The second kappa shape index (κ2) is 6.02. The first-order valence-electron chi connectivity index (χ1n) is 6.80. The maximum absolute atomic E-state index is 12.5. The van der Waals surface area contributed by atoms with E-state index < -0.39 is 6.61 Å². The molecule has 2 aromatic carbocycles. The Labute approximate surface area is 124 Å². The number of carbonyl (C=O) groups excluding carboxylic acids is 1. The van der Waals surface area contributed by atoms with Crippen molar-refractivity contribution in [3.8, 4) is 5.75 Å². The van der Waals surface area contributed by atoms with Gasteiger partial charge in [-0.2, -0.15) is 8.78 Å². The number of rotatable bonds is 3. The molecule has 1 aliphatic heterocycles. The van der Waals surface area contributed by atoms with Crippen LogP contribution in [0.3, 0.4) is 0 Å². The Hall–Kier alpha value is -1.62. The maximum atomic E-state index is 12.5. The summed E-state index contributed by atoms with van der Waals surface area (Å²) in [6.45, 7) is -2.82. The van der Waals surface area contributed by atoms with Gasteiger partial charge in [-0.1, -0.05) is 18.2 Å². The monoisotopic (exact) mass is 309 g/mol. The highest BCUT2D eigenvalue weighted by Gasteiger charge is 2.31. The highest BCUT2D eigenvalue weighted by Crippen LogP contribution is 2.33. The molecule has 110 valence electrons. The van der Waals surface area contributed by atoms with E-state index in [1.807, 2.05) is 24.3 Å². The second-order valence-electron chi connectivity index (χ2n) is 4.96. The van der Waals surface area contributed by atoms with Crippen LogP contribution < -0.4 is 4.74 Å². The van der Waals surface area contributed by atoms with Crippen molar-refractivity contribution >= 4 is 27.5 Å². The van der Waals surface area contributed by atoms with Crippen LogP contribution in [0, 0.1) is 0 Å². The van der Waals surface area contributed by atoms with Crippen LogP contribution in [-0.4, -0.2) is 23.9 Å². The third kappa shape index (κ3) is 3.18. The number of halogens is 2. The van der Waals surface area contributed by atoms with E-state index in [4.69, 9.17) is 0 Å². The molecule has 0 spiro atoms. The smallest absolute Gasteiger partial charge is 0.387 e.